The normalized spacial score (nSPS) is 30.4. The topological polar surface area (TPSA) is 21.6 Å². The minimum atomic E-state index is -0.218. The first-order valence-corrected chi connectivity index (χ1v) is 7.39. The molecule has 0 saturated carbocycles. The summed E-state index contributed by atoms with van der Waals surface area (Å²) in [5.41, 5.74) is 1.90. The summed E-state index contributed by atoms with van der Waals surface area (Å²) < 4.78 is 5.93. The molecule has 1 aromatic rings. The van der Waals surface area contributed by atoms with Crippen molar-refractivity contribution in [1.82, 2.24) is 0 Å². The lowest BCUT2D eigenvalue weighted by Crippen LogP contribution is -2.37. The molecule has 3 heteroatoms. The monoisotopic (exact) mass is 271 g/mol. The molecule has 2 aliphatic heterocycles. The first kappa shape index (κ1) is 12.5. The van der Waals surface area contributed by atoms with Gasteiger partial charge in [-0.05, 0) is 12.5 Å². The fourth-order valence-corrected chi connectivity index (χ4v) is 3.72. The quantitative estimate of drug-likeness (QED) is 0.766. The van der Waals surface area contributed by atoms with Gasteiger partial charge in [0, 0.05) is 17.7 Å². The minimum Gasteiger partial charge on any atom is -0.486 e. The van der Waals surface area contributed by atoms with Gasteiger partial charge in [0.2, 0.25) is 0 Å². The molecule has 0 amide bonds. The van der Waals surface area contributed by atoms with E-state index in [9.17, 15) is 0 Å². The highest BCUT2D eigenvalue weighted by Crippen LogP contribution is 2.48. The fourth-order valence-electron chi connectivity index (χ4n) is 2.68. The van der Waals surface area contributed by atoms with Crippen LogP contribution >= 0.6 is 11.8 Å². The number of nitrogens with zero attached hydrogens (tertiary/aromatic N) is 1. The van der Waals surface area contributed by atoms with Crippen LogP contribution in [-0.4, -0.2) is 16.3 Å². The molecule has 2 unspecified atom stereocenters. The lowest BCUT2D eigenvalue weighted by Gasteiger charge is -2.39. The van der Waals surface area contributed by atoms with Crippen LogP contribution in [0, 0.1) is 0 Å². The molecule has 2 nitrogen and oxygen atoms in total. The number of thioether (sulfide) groups is 1. The molecule has 0 N–H and O–H groups in total. The first-order valence-electron chi connectivity index (χ1n) is 6.40. The molecule has 0 bridgehead atoms. The summed E-state index contributed by atoms with van der Waals surface area (Å²) >= 11 is 1.80. The number of ether oxygens (including phenoxy) is 1. The average Bonchev–Trinajstić information content (AvgIpc) is 2.79. The lowest BCUT2D eigenvalue weighted by atomic mass is 9.82. The van der Waals surface area contributed by atoms with Crippen LogP contribution in [0.5, 0.6) is 0 Å². The SMILES string of the molecule is C=C1OC(c2ccccc2)CC2(CSC(C)=N2)C1=C. The Bertz CT molecular complexity index is 563. The fraction of sp³-hybridized carbons (Fsp3) is 0.312. The molecule has 1 spiro atoms. The van der Waals surface area contributed by atoms with Crippen LogP contribution in [0.4, 0.5) is 0 Å². The van der Waals surface area contributed by atoms with Gasteiger partial charge in [-0.2, -0.15) is 0 Å². The maximum atomic E-state index is 5.93. The zero-order valence-corrected chi connectivity index (χ0v) is 11.9. The second-order valence-electron chi connectivity index (χ2n) is 5.07. The zero-order chi connectivity index (χ0) is 13.5. The summed E-state index contributed by atoms with van der Waals surface area (Å²) in [6.45, 7) is 10.2. The summed E-state index contributed by atoms with van der Waals surface area (Å²) in [4.78, 5) is 4.83. The number of aliphatic imine (C=N–C) groups is 1. The number of rotatable bonds is 1. The third-order valence-electron chi connectivity index (χ3n) is 3.77. The van der Waals surface area contributed by atoms with E-state index >= 15 is 0 Å². The molecule has 1 saturated heterocycles. The number of benzene rings is 1. The van der Waals surface area contributed by atoms with E-state index in [1.54, 1.807) is 11.8 Å². The van der Waals surface area contributed by atoms with E-state index in [1.165, 1.54) is 5.56 Å². The van der Waals surface area contributed by atoms with Gasteiger partial charge in [-0.15, -0.1) is 11.8 Å². The van der Waals surface area contributed by atoms with Crippen molar-refractivity contribution in [3.8, 4) is 0 Å². The van der Waals surface area contributed by atoms with E-state index in [4.69, 9.17) is 9.73 Å². The third kappa shape index (κ3) is 2.12. The van der Waals surface area contributed by atoms with Crippen LogP contribution < -0.4 is 0 Å². The molecular weight excluding hydrogens is 254 g/mol. The Hall–Kier alpha value is -1.48. The molecule has 2 atom stereocenters. The Morgan fingerprint density at radius 1 is 1.32 bits per heavy atom. The summed E-state index contributed by atoms with van der Waals surface area (Å²) in [6.07, 6.45) is 0.869. The highest BCUT2D eigenvalue weighted by atomic mass is 32.2. The molecule has 2 aliphatic rings. The van der Waals surface area contributed by atoms with Crippen molar-refractivity contribution in [2.45, 2.75) is 25.0 Å². The largest absolute Gasteiger partial charge is 0.486 e. The molecule has 98 valence electrons. The van der Waals surface area contributed by atoms with Crippen molar-refractivity contribution in [3.63, 3.8) is 0 Å². The van der Waals surface area contributed by atoms with Crippen LogP contribution in [0.2, 0.25) is 0 Å². The highest BCUT2D eigenvalue weighted by Gasteiger charge is 2.45. The van der Waals surface area contributed by atoms with Crippen molar-refractivity contribution in [2.75, 3.05) is 5.75 Å². The predicted molar refractivity (Wildman–Crippen MR) is 81.5 cm³/mol. The van der Waals surface area contributed by atoms with E-state index in [2.05, 4.69) is 32.2 Å². The second-order valence-corrected chi connectivity index (χ2v) is 6.24. The average molecular weight is 271 g/mol. The van der Waals surface area contributed by atoms with E-state index in [0.29, 0.717) is 5.76 Å². The molecular formula is C16H17NOS. The molecule has 3 rings (SSSR count). The van der Waals surface area contributed by atoms with Gasteiger partial charge in [-0.3, -0.25) is 4.99 Å². The number of hydrogen-bond donors (Lipinski definition) is 0. The Morgan fingerprint density at radius 3 is 2.68 bits per heavy atom. The Kier molecular flexibility index (Phi) is 3.02. The van der Waals surface area contributed by atoms with Crippen molar-refractivity contribution in [3.05, 3.63) is 60.4 Å². The Morgan fingerprint density at radius 2 is 2.05 bits per heavy atom. The van der Waals surface area contributed by atoms with Gasteiger partial charge >= 0.3 is 0 Å². The van der Waals surface area contributed by atoms with Gasteiger partial charge in [-0.25, -0.2) is 0 Å². The van der Waals surface area contributed by atoms with E-state index in [0.717, 1.165) is 22.8 Å². The highest BCUT2D eigenvalue weighted by molar-refractivity contribution is 8.14. The molecule has 0 aromatic heterocycles. The number of hydrogen-bond acceptors (Lipinski definition) is 3. The van der Waals surface area contributed by atoms with E-state index in [-0.39, 0.29) is 11.6 Å². The summed E-state index contributed by atoms with van der Waals surface area (Å²) in [5.74, 6) is 1.63. The summed E-state index contributed by atoms with van der Waals surface area (Å²) in [5, 5.41) is 1.13. The smallest absolute Gasteiger partial charge is 0.126 e. The Balaban J connectivity index is 1.95. The van der Waals surface area contributed by atoms with Crippen LogP contribution in [0.25, 0.3) is 0 Å². The van der Waals surface area contributed by atoms with Crippen LogP contribution in [0.1, 0.15) is 25.0 Å². The van der Waals surface area contributed by atoms with Crippen molar-refractivity contribution >= 4 is 16.8 Å². The summed E-state index contributed by atoms with van der Waals surface area (Å²) in [6, 6.07) is 10.3. The minimum absolute atomic E-state index is 0.0226. The zero-order valence-electron chi connectivity index (χ0n) is 11.1. The van der Waals surface area contributed by atoms with Gasteiger partial charge in [0.25, 0.3) is 0 Å². The predicted octanol–water partition coefficient (Wildman–Crippen LogP) is 4.12. The molecule has 2 heterocycles. The van der Waals surface area contributed by atoms with Gasteiger partial charge in [-0.1, -0.05) is 43.5 Å². The molecule has 1 fully saturated rings. The first-order chi connectivity index (χ1) is 9.11. The lowest BCUT2D eigenvalue weighted by molar-refractivity contribution is 0.0725. The molecule has 1 aromatic carbocycles. The second kappa shape index (κ2) is 4.57. The van der Waals surface area contributed by atoms with Crippen LogP contribution in [-0.2, 0) is 4.74 Å². The third-order valence-corrected chi connectivity index (χ3v) is 4.90. The van der Waals surface area contributed by atoms with Crippen molar-refractivity contribution < 1.29 is 4.74 Å². The molecule has 0 aliphatic carbocycles. The van der Waals surface area contributed by atoms with Gasteiger partial charge < -0.3 is 4.74 Å². The maximum Gasteiger partial charge on any atom is 0.126 e. The standard InChI is InChI=1S/C16H17NOS/c1-11-12(2)18-15(14-7-5-4-6-8-14)9-16(11)10-19-13(3)17-16/h4-8,15H,1-2,9-10H2,3H3. The Labute approximate surface area is 118 Å². The van der Waals surface area contributed by atoms with Crippen LogP contribution in [0.15, 0.2) is 59.8 Å². The summed E-state index contributed by atoms with van der Waals surface area (Å²) in [7, 11) is 0. The van der Waals surface area contributed by atoms with Crippen molar-refractivity contribution in [1.29, 1.82) is 0 Å². The molecule has 0 radical (unpaired) electrons. The van der Waals surface area contributed by atoms with Gasteiger partial charge in [0.1, 0.15) is 17.4 Å². The van der Waals surface area contributed by atoms with E-state index in [1.807, 2.05) is 18.2 Å². The van der Waals surface area contributed by atoms with Gasteiger partial charge in [0.15, 0.2) is 0 Å². The van der Waals surface area contributed by atoms with E-state index < -0.39 is 0 Å². The van der Waals surface area contributed by atoms with Gasteiger partial charge in [0.05, 0.1) is 5.04 Å². The van der Waals surface area contributed by atoms with Crippen LogP contribution in [0.3, 0.4) is 0 Å². The van der Waals surface area contributed by atoms with Crippen molar-refractivity contribution in [2.24, 2.45) is 4.99 Å². The molecule has 19 heavy (non-hydrogen) atoms. The maximum absolute atomic E-state index is 5.93.